The Balaban J connectivity index is 2.04. The Kier molecular flexibility index (Phi) is 6.04. The Morgan fingerprint density at radius 1 is 0.958 bits per heavy atom. The van der Waals surface area contributed by atoms with Gasteiger partial charge in [0.1, 0.15) is 0 Å². The molecule has 2 N–H and O–H groups in total. The number of ether oxygens (including phenoxy) is 2. The van der Waals surface area contributed by atoms with Crippen LogP contribution in [0, 0.1) is 13.8 Å². The van der Waals surface area contributed by atoms with E-state index in [0.717, 1.165) is 11.3 Å². The van der Waals surface area contributed by atoms with Gasteiger partial charge in [0.2, 0.25) is 0 Å². The Hall–Kier alpha value is -2.27. The van der Waals surface area contributed by atoms with E-state index in [2.05, 4.69) is 43.5 Å². The summed E-state index contributed by atoms with van der Waals surface area (Å²) in [6.07, 6.45) is 0. The highest BCUT2D eigenvalue weighted by atomic mass is 32.1. The van der Waals surface area contributed by atoms with Gasteiger partial charge in [0.15, 0.2) is 16.6 Å². The molecule has 0 aromatic heterocycles. The van der Waals surface area contributed by atoms with Crippen molar-refractivity contribution in [2.24, 2.45) is 0 Å². The van der Waals surface area contributed by atoms with Gasteiger partial charge in [-0.1, -0.05) is 12.1 Å². The van der Waals surface area contributed by atoms with Crippen LogP contribution in [0.1, 0.15) is 29.7 Å². The van der Waals surface area contributed by atoms with Gasteiger partial charge in [0, 0.05) is 5.69 Å². The third-order valence-electron chi connectivity index (χ3n) is 4.02. The quantitative estimate of drug-likeness (QED) is 0.789. The molecule has 2 rings (SSSR count). The molecule has 0 saturated carbocycles. The summed E-state index contributed by atoms with van der Waals surface area (Å²) in [6, 6.07) is 12.1. The lowest BCUT2D eigenvalue weighted by Gasteiger charge is -2.19. The minimum atomic E-state index is 0.0383. The highest BCUT2D eigenvalue weighted by molar-refractivity contribution is 7.80. The Labute approximate surface area is 149 Å². The van der Waals surface area contributed by atoms with E-state index in [4.69, 9.17) is 21.7 Å². The number of nitrogens with one attached hydrogen (secondary N) is 2. The molecule has 0 heterocycles. The lowest BCUT2D eigenvalue weighted by atomic mass is 10.1. The fourth-order valence-corrected chi connectivity index (χ4v) is 2.68. The molecule has 2 aromatic carbocycles. The second kappa shape index (κ2) is 8.02. The van der Waals surface area contributed by atoms with Gasteiger partial charge in [-0.2, -0.15) is 0 Å². The van der Waals surface area contributed by atoms with E-state index in [1.165, 1.54) is 11.1 Å². The van der Waals surface area contributed by atoms with E-state index >= 15 is 0 Å². The van der Waals surface area contributed by atoms with Crippen molar-refractivity contribution < 1.29 is 9.47 Å². The number of rotatable bonds is 5. The van der Waals surface area contributed by atoms with Crippen LogP contribution in [0.4, 0.5) is 5.69 Å². The zero-order valence-corrected chi connectivity index (χ0v) is 15.6. The molecular weight excluding hydrogens is 320 g/mol. The monoisotopic (exact) mass is 344 g/mol. The Morgan fingerprint density at radius 3 is 2.29 bits per heavy atom. The van der Waals surface area contributed by atoms with Gasteiger partial charge in [0.25, 0.3) is 0 Å². The maximum absolute atomic E-state index is 5.42. The lowest BCUT2D eigenvalue weighted by molar-refractivity contribution is 0.354. The van der Waals surface area contributed by atoms with Crippen LogP contribution >= 0.6 is 12.2 Å². The summed E-state index contributed by atoms with van der Waals surface area (Å²) < 4.78 is 10.6. The molecule has 0 aliphatic heterocycles. The predicted molar refractivity (Wildman–Crippen MR) is 103 cm³/mol. The van der Waals surface area contributed by atoms with Gasteiger partial charge in [0.05, 0.1) is 20.3 Å². The maximum atomic E-state index is 5.42. The molecule has 24 heavy (non-hydrogen) atoms. The third-order valence-corrected chi connectivity index (χ3v) is 4.24. The van der Waals surface area contributed by atoms with Gasteiger partial charge in [-0.3, -0.25) is 0 Å². The summed E-state index contributed by atoms with van der Waals surface area (Å²) >= 11 is 5.42. The zero-order valence-electron chi connectivity index (χ0n) is 14.8. The highest BCUT2D eigenvalue weighted by Gasteiger charge is 2.11. The number of hydrogen-bond donors (Lipinski definition) is 2. The molecule has 0 amide bonds. The molecule has 5 heteroatoms. The van der Waals surface area contributed by atoms with E-state index in [-0.39, 0.29) is 6.04 Å². The van der Waals surface area contributed by atoms with Crippen LogP contribution in [0.3, 0.4) is 0 Å². The SMILES string of the molecule is COc1ccc(C(C)NC(=S)Nc2ccc(C)c(C)c2)cc1OC. The van der Waals surface area contributed by atoms with Crippen LogP contribution in [-0.2, 0) is 0 Å². The number of hydrogen-bond acceptors (Lipinski definition) is 3. The predicted octanol–water partition coefficient (Wildman–Crippen LogP) is 4.37. The summed E-state index contributed by atoms with van der Waals surface area (Å²) in [6.45, 7) is 6.23. The average Bonchev–Trinajstić information content (AvgIpc) is 2.57. The third kappa shape index (κ3) is 4.38. The van der Waals surface area contributed by atoms with Crippen LogP contribution in [-0.4, -0.2) is 19.3 Å². The Bertz CT molecular complexity index is 731. The minimum absolute atomic E-state index is 0.0383. The molecule has 1 atom stereocenters. The molecule has 0 spiro atoms. The first-order valence-electron chi connectivity index (χ1n) is 7.81. The van der Waals surface area contributed by atoms with Crippen molar-refractivity contribution in [1.82, 2.24) is 5.32 Å². The highest BCUT2D eigenvalue weighted by Crippen LogP contribution is 2.29. The normalized spacial score (nSPS) is 11.5. The van der Waals surface area contributed by atoms with Gasteiger partial charge in [-0.05, 0) is 73.9 Å². The van der Waals surface area contributed by atoms with E-state index in [1.807, 2.05) is 24.3 Å². The van der Waals surface area contributed by atoms with Crippen LogP contribution in [0.2, 0.25) is 0 Å². The second-order valence-corrected chi connectivity index (χ2v) is 6.14. The van der Waals surface area contributed by atoms with Crippen molar-refractivity contribution >= 4 is 23.0 Å². The van der Waals surface area contributed by atoms with E-state index in [0.29, 0.717) is 16.6 Å². The topological polar surface area (TPSA) is 42.5 Å². The number of benzene rings is 2. The van der Waals surface area contributed by atoms with Crippen LogP contribution in [0.15, 0.2) is 36.4 Å². The van der Waals surface area contributed by atoms with Crippen LogP contribution in [0.5, 0.6) is 11.5 Å². The fraction of sp³-hybridized carbons (Fsp3) is 0.316. The second-order valence-electron chi connectivity index (χ2n) is 5.73. The molecule has 0 saturated heterocycles. The van der Waals surface area contributed by atoms with Gasteiger partial charge in [-0.25, -0.2) is 0 Å². The molecule has 4 nitrogen and oxygen atoms in total. The van der Waals surface area contributed by atoms with E-state index < -0.39 is 0 Å². The summed E-state index contributed by atoms with van der Waals surface area (Å²) in [5.41, 5.74) is 4.54. The lowest BCUT2D eigenvalue weighted by Crippen LogP contribution is -2.30. The first-order chi connectivity index (χ1) is 11.4. The Morgan fingerprint density at radius 2 is 1.67 bits per heavy atom. The molecule has 0 fully saturated rings. The van der Waals surface area contributed by atoms with E-state index in [1.54, 1.807) is 14.2 Å². The number of thiocarbonyl (C=S) groups is 1. The number of aryl methyl sites for hydroxylation is 2. The fourth-order valence-electron chi connectivity index (χ4n) is 2.39. The molecule has 0 aliphatic rings. The number of methoxy groups -OCH3 is 2. The van der Waals surface area contributed by atoms with Gasteiger partial charge in [-0.15, -0.1) is 0 Å². The van der Waals surface area contributed by atoms with Gasteiger partial charge < -0.3 is 20.1 Å². The van der Waals surface area contributed by atoms with Crippen molar-refractivity contribution in [2.45, 2.75) is 26.8 Å². The van der Waals surface area contributed by atoms with Gasteiger partial charge >= 0.3 is 0 Å². The number of anilines is 1. The molecule has 1 unspecified atom stereocenters. The molecule has 2 aromatic rings. The molecule has 0 bridgehead atoms. The summed E-state index contributed by atoms with van der Waals surface area (Å²) in [5.74, 6) is 1.42. The van der Waals surface area contributed by atoms with Crippen molar-refractivity contribution in [2.75, 3.05) is 19.5 Å². The summed E-state index contributed by atoms with van der Waals surface area (Å²) in [4.78, 5) is 0. The average molecular weight is 344 g/mol. The maximum Gasteiger partial charge on any atom is 0.171 e. The van der Waals surface area contributed by atoms with Crippen molar-refractivity contribution in [3.05, 3.63) is 53.1 Å². The standard InChI is InChI=1S/C19H24N2O2S/c1-12-6-8-16(10-13(12)2)21-19(24)20-14(3)15-7-9-17(22-4)18(11-15)23-5/h6-11,14H,1-5H3,(H2,20,21,24). The van der Waals surface area contributed by atoms with Crippen LogP contribution < -0.4 is 20.1 Å². The van der Waals surface area contributed by atoms with Crippen molar-refractivity contribution in [3.63, 3.8) is 0 Å². The van der Waals surface area contributed by atoms with Crippen molar-refractivity contribution in [1.29, 1.82) is 0 Å². The summed E-state index contributed by atoms with van der Waals surface area (Å²) in [7, 11) is 3.26. The summed E-state index contributed by atoms with van der Waals surface area (Å²) in [5, 5.41) is 7.10. The van der Waals surface area contributed by atoms with E-state index in [9.17, 15) is 0 Å². The molecule has 128 valence electrons. The largest absolute Gasteiger partial charge is 0.493 e. The molecular formula is C19H24N2O2S. The molecule has 0 aliphatic carbocycles. The smallest absolute Gasteiger partial charge is 0.171 e. The zero-order chi connectivity index (χ0) is 17.7. The van der Waals surface area contributed by atoms with Crippen LogP contribution in [0.25, 0.3) is 0 Å². The van der Waals surface area contributed by atoms with Crippen molar-refractivity contribution in [3.8, 4) is 11.5 Å². The first kappa shape index (κ1) is 18.1. The minimum Gasteiger partial charge on any atom is -0.493 e. The molecule has 0 radical (unpaired) electrons. The first-order valence-corrected chi connectivity index (χ1v) is 8.22.